The number of nitrogens with one attached hydrogen (secondary N) is 1. The van der Waals surface area contributed by atoms with Crippen molar-refractivity contribution in [3.05, 3.63) is 95.1 Å². The van der Waals surface area contributed by atoms with E-state index < -0.39 is 12.3 Å². The van der Waals surface area contributed by atoms with Crippen molar-refractivity contribution < 1.29 is 29.3 Å². The van der Waals surface area contributed by atoms with Crippen LogP contribution in [0, 0.1) is 0 Å². The predicted molar refractivity (Wildman–Crippen MR) is 168 cm³/mol. The standard InChI is InChI=1S/C33H36N2O6S2/c36-20-23-12-14-24(15-13-23)28-18-26(21-42-33-35-27-6-4-5-7-29(27)43-33)40-32(41-28)25-16-10-22(11-17-25)19-34-30(37)8-2-1-3-9-31(38)39/h4-7,10-17,26,28,32,36H,1-3,8-9,18-21H2,(H,34,37)(H,38,39)/t26-,28+,32+/m1/s1. The van der Waals surface area contributed by atoms with E-state index in [4.69, 9.17) is 19.6 Å². The van der Waals surface area contributed by atoms with Crippen LogP contribution in [0.15, 0.2) is 77.1 Å². The third kappa shape index (κ3) is 9.11. The first-order chi connectivity index (χ1) is 21.0. The molecule has 1 amide bonds. The summed E-state index contributed by atoms with van der Waals surface area (Å²) >= 11 is 3.39. The fourth-order valence-corrected chi connectivity index (χ4v) is 7.03. The molecular formula is C33H36N2O6S2. The summed E-state index contributed by atoms with van der Waals surface area (Å²) in [6.07, 6.45) is 2.44. The molecule has 226 valence electrons. The molecule has 1 aromatic heterocycles. The van der Waals surface area contributed by atoms with Crippen molar-refractivity contribution in [3.8, 4) is 0 Å². The molecule has 4 aromatic rings. The van der Waals surface area contributed by atoms with Gasteiger partial charge in [-0.3, -0.25) is 9.59 Å². The summed E-state index contributed by atoms with van der Waals surface area (Å²) in [7, 11) is 0. The van der Waals surface area contributed by atoms with Crippen molar-refractivity contribution in [3.63, 3.8) is 0 Å². The van der Waals surface area contributed by atoms with Crippen molar-refractivity contribution in [2.75, 3.05) is 5.75 Å². The molecule has 3 atom stereocenters. The highest BCUT2D eigenvalue weighted by atomic mass is 32.2. The van der Waals surface area contributed by atoms with Crippen LogP contribution in [0.2, 0.25) is 0 Å². The van der Waals surface area contributed by atoms with Crippen molar-refractivity contribution in [1.82, 2.24) is 10.3 Å². The number of hydrogen-bond donors (Lipinski definition) is 3. The summed E-state index contributed by atoms with van der Waals surface area (Å²) in [5, 5.41) is 21.1. The number of rotatable bonds is 14. The van der Waals surface area contributed by atoms with Crippen molar-refractivity contribution in [2.24, 2.45) is 0 Å². The largest absolute Gasteiger partial charge is 0.481 e. The lowest BCUT2D eigenvalue weighted by Gasteiger charge is -2.36. The molecule has 8 nitrogen and oxygen atoms in total. The third-order valence-corrected chi connectivity index (χ3v) is 9.63. The third-order valence-electron chi connectivity index (χ3n) is 7.32. The first-order valence-electron chi connectivity index (χ1n) is 14.5. The minimum Gasteiger partial charge on any atom is -0.481 e. The molecule has 1 aliphatic heterocycles. The zero-order valence-corrected chi connectivity index (χ0v) is 25.4. The number of aliphatic hydroxyl groups excluding tert-OH is 1. The van der Waals surface area contributed by atoms with E-state index in [0.29, 0.717) is 32.2 Å². The monoisotopic (exact) mass is 620 g/mol. The Morgan fingerprint density at radius 2 is 1.63 bits per heavy atom. The van der Waals surface area contributed by atoms with Crippen LogP contribution in [0.1, 0.15) is 73.2 Å². The van der Waals surface area contributed by atoms with Crippen LogP contribution < -0.4 is 5.32 Å². The number of fused-ring (bicyclic) bond motifs is 1. The minimum atomic E-state index is -0.803. The molecular weight excluding hydrogens is 585 g/mol. The number of aromatic nitrogens is 1. The highest BCUT2D eigenvalue weighted by molar-refractivity contribution is 8.01. The van der Waals surface area contributed by atoms with Gasteiger partial charge in [0, 0.05) is 37.1 Å². The summed E-state index contributed by atoms with van der Waals surface area (Å²) in [6.45, 7) is 0.417. The Morgan fingerprint density at radius 3 is 2.37 bits per heavy atom. The van der Waals surface area contributed by atoms with Crippen LogP contribution in [-0.2, 0) is 32.2 Å². The summed E-state index contributed by atoms with van der Waals surface area (Å²) in [5.41, 5.74) is 4.78. The number of hydrogen-bond acceptors (Lipinski definition) is 8. The lowest BCUT2D eigenvalue weighted by Crippen LogP contribution is -2.31. The van der Waals surface area contributed by atoms with Crippen LogP contribution in [0.4, 0.5) is 0 Å². The first kappa shape index (κ1) is 31.2. The van der Waals surface area contributed by atoms with Crippen LogP contribution in [0.3, 0.4) is 0 Å². The Labute approximate surface area is 259 Å². The maximum Gasteiger partial charge on any atom is 0.303 e. The summed E-state index contributed by atoms with van der Waals surface area (Å²) < 4.78 is 15.1. The van der Waals surface area contributed by atoms with Gasteiger partial charge in [0.1, 0.15) is 0 Å². The minimum absolute atomic E-state index is 0.00142. The van der Waals surface area contributed by atoms with Gasteiger partial charge in [-0.25, -0.2) is 4.98 Å². The van der Waals surface area contributed by atoms with Gasteiger partial charge < -0.3 is 25.0 Å². The molecule has 5 rings (SSSR count). The fraction of sp³-hybridized carbons (Fsp3) is 0.364. The van der Waals surface area contributed by atoms with Gasteiger partial charge in [0.05, 0.1) is 29.0 Å². The number of unbranched alkanes of at least 4 members (excludes halogenated alkanes) is 2. The zero-order chi connectivity index (χ0) is 30.0. The molecule has 1 saturated heterocycles. The average Bonchev–Trinajstić information content (AvgIpc) is 3.46. The van der Waals surface area contributed by atoms with E-state index in [1.54, 1.807) is 23.1 Å². The molecule has 0 unspecified atom stereocenters. The van der Waals surface area contributed by atoms with E-state index in [1.165, 1.54) is 4.70 Å². The van der Waals surface area contributed by atoms with E-state index in [9.17, 15) is 14.7 Å². The van der Waals surface area contributed by atoms with Gasteiger partial charge in [0.15, 0.2) is 10.6 Å². The number of carbonyl (C=O) groups is 2. The molecule has 0 bridgehead atoms. The van der Waals surface area contributed by atoms with E-state index in [2.05, 4.69) is 11.4 Å². The van der Waals surface area contributed by atoms with Gasteiger partial charge in [0.2, 0.25) is 5.91 Å². The van der Waals surface area contributed by atoms with Crippen LogP contribution >= 0.6 is 23.1 Å². The van der Waals surface area contributed by atoms with Crippen molar-refractivity contribution in [2.45, 2.75) is 74.5 Å². The maximum absolute atomic E-state index is 12.2. The first-order valence-corrected chi connectivity index (χ1v) is 16.3. The summed E-state index contributed by atoms with van der Waals surface area (Å²) in [6, 6.07) is 23.9. The second-order valence-electron chi connectivity index (χ2n) is 10.6. The van der Waals surface area contributed by atoms with Gasteiger partial charge in [-0.1, -0.05) is 78.8 Å². The molecule has 1 fully saturated rings. The second kappa shape index (κ2) is 15.4. The van der Waals surface area contributed by atoms with Crippen LogP contribution in [-0.4, -0.2) is 38.9 Å². The van der Waals surface area contributed by atoms with Crippen molar-refractivity contribution in [1.29, 1.82) is 0 Å². The van der Waals surface area contributed by atoms with E-state index in [1.807, 2.05) is 66.7 Å². The number of thiazole rings is 1. The summed E-state index contributed by atoms with van der Waals surface area (Å²) in [4.78, 5) is 27.6. The SMILES string of the molecule is O=C(O)CCCCCC(=O)NCc1ccc([C@H]2O[C@@H](CSc3nc4ccccc4s3)C[C@@H](c3ccc(CO)cc3)O2)cc1. The number of ether oxygens (including phenoxy) is 2. The average molecular weight is 621 g/mol. The second-order valence-corrected chi connectivity index (χ2v) is 12.9. The molecule has 1 aliphatic rings. The molecule has 3 aromatic carbocycles. The number of benzene rings is 3. The topological polar surface area (TPSA) is 118 Å². The van der Waals surface area contributed by atoms with E-state index in [0.717, 1.165) is 44.3 Å². The Kier molecular flexibility index (Phi) is 11.2. The molecule has 0 radical (unpaired) electrons. The normalized spacial score (nSPS) is 18.5. The van der Waals surface area contributed by atoms with Crippen LogP contribution in [0.25, 0.3) is 10.2 Å². The fourth-order valence-electron chi connectivity index (χ4n) is 4.92. The molecule has 43 heavy (non-hydrogen) atoms. The molecule has 0 aliphatic carbocycles. The Morgan fingerprint density at radius 1 is 0.907 bits per heavy atom. The highest BCUT2D eigenvalue weighted by Gasteiger charge is 2.32. The summed E-state index contributed by atoms with van der Waals surface area (Å²) in [5.74, 6) is -0.101. The number of aliphatic carboxylic acids is 1. The Hall–Kier alpha value is -3.28. The number of amides is 1. The molecule has 3 N–H and O–H groups in total. The number of carbonyl (C=O) groups excluding carboxylic acids is 1. The van der Waals surface area contributed by atoms with E-state index in [-0.39, 0.29) is 31.1 Å². The van der Waals surface area contributed by atoms with Gasteiger partial charge in [-0.15, -0.1) is 11.3 Å². The smallest absolute Gasteiger partial charge is 0.303 e. The van der Waals surface area contributed by atoms with Gasteiger partial charge in [-0.2, -0.15) is 0 Å². The maximum atomic E-state index is 12.2. The quantitative estimate of drug-likeness (QED) is 0.104. The van der Waals surface area contributed by atoms with E-state index >= 15 is 0 Å². The molecule has 2 heterocycles. The number of carboxylic acid groups (broad SMARTS) is 1. The molecule has 10 heteroatoms. The van der Waals surface area contributed by atoms with Gasteiger partial charge in [0.25, 0.3) is 0 Å². The number of carboxylic acids is 1. The lowest BCUT2D eigenvalue weighted by atomic mass is 10.0. The van der Waals surface area contributed by atoms with Crippen molar-refractivity contribution >= 4 is 45.2 Å². The number of aliphatic hydroxyl groups is 1. The Bertz CT molecular complexity index is 1460. The highest BCUT2D eigenvalue weighted by Crippen LogP contribution is 2.40. The van der Waals surface area contributed by atoms with Gasteiger partial charge >= 0.3 is 5.97 Å². The number of thioether (sulfide) groups is 1. The zero-order valence-electron chi connectivity index (χ0n) is 23.8. The molecule has 0 spiro atoms. The van der Waals surface area contributed by atoms with Crippen LogP contribution in [0.5, 0.6) is 0 Å². The number of nitrogens with zero attached hydrogens (tertiary/aromatic N) is 1. The molecule has 0 saturated carbocycles. The Balaban J connectivity index is 1.20. The number of para-hydroxylation sites is 1. The predicted octanol–water partition coefficient (Wildman–Crippen LogP) is 6.78. The van der Waals surface area contributed by atoms with Gasteiger partial charge in [-0.05, 0) is 41.7 Å². The lowest BCUT2D eigenvalue weighted by molar-refractivity contribution is -0.245.